The van der Waals surface area contributed by atoms with Crippen LogP contribution in [0.25, 0.3) is 0 Å². The van der Waals surface area contributed by atoms with Crippen molar-refractivity contribution in [1.29, 1.82) is 0 Å². The molecule has 0 bridgehead atoms. The van der Waals surface area contributed by atoms with Crippen molar-refractivity contribution in [3.8, 4) is 0 Å². The summed E-state index contributed by atoms with van der Waals surface area (Å²) in [5, 5.41) is 3.72. The first-order chi connectivity index (χ1) is 8.49. The molecule has 0 aromatic carbocycles. The van der Waals surface area contributed by atoms with Crippen LogP contribution in [-0.4, -0.2) is 49.8 Å². The van der Waals surface area contributed by atoms with E-state index in [0.29, 0.717) is 5.41 Å². The third-order valence-electron chi connectivity index (χ3n) is 4.30. The molecule has 2 aliphatic rings. The summed E-state index contributed by atoms with van der Waals surface area (Å²) in [5.41, 5.74) is 0.659. The molecule has 1 N–H and O–H groups in total. The lowest BCUT2D eigenvalue weighted by atomic mass is 9.79. The summed E-state index contributed by atoms with van der Waals surface area (Å²) in [6, 6.07) is 0. The molecule has 2 aliphatic heterocycles. The maximum Gasteiger partial charge on any atom is 0.0472 e. The Morgan fingerprint density at radius 3 is 2.28 bits per heavy atom. The molecule has 0 unspecified atom stereocenters. The molecule has 0 aromatic heterocycles. The maximum atomic E-state index is 5.57. The fourth-order valence-corrected chi connectivity index (χ4v) is 3.06. The highest BCUT2D eigenvalue weighted by atomic mass is 16.5. The zero-order valence-corrected chi connectivity index (χ0v) is 12.4. The summed E-state index contributed by atoms with van der Waals surface area (Å²) in [5.74, 6) is 0. The molecule has 0 atom stereocenters. The van der Waals surface area contributed by atoms with E-state index in [1.54, 1.807) is 0 Å². The Balaban J connectivity index is 1.93. The molecule has 2 fully saturated rings. The van der Waals surface area contributed by atoms with Crippen molar-refractivity contribution in [3.05, 3.63) is 0 Å². The van der Waals surface area contributed by atoms with Crippen molar-refractivity contribution >= 4 is 0 Å². The van der Waals surface area contributed by atoms with E-state index in [2.05, 4.69) is 31.0 Å². The Hall–Kier alpha value is -0.120. The number of ether oxygens (including phenoxy) is 1. The van der Waals surface area contributed by atoms with Gasteiger partial charge < -0.3 is 15.0 Å². The normalized spacial score (nSPS) is 25.5. The molecule has 2 heterocycles. The van der Waals surface area contributed by atoms with E-state index in [1.165, 1.54) is 45.3 Å². The van der Waals surface area contributed by atoms with Gasteiger partial charge in [-0.3, -0.25) is 0 Å². The number of rotatable bonds is 4. The smallest absolute Gasteiger partial charge is 0.0472 e. The summed E-state index contributed by atoms with van der Waals surface area (Å²) >= 11 is 0. The van der Waals surface area contributed by atoms with E-state index in [-0.39, 0.29) is 5.54 Å². The lowest BCUT2D eigenvalue weighted by Gasteiger charge is -2.42. The minimum atomic E-state index is 0.219. The van der Waals surface area contributed by atoms with Gasteiger partial charge in [0.15, 0.2) is 0 Å². The van der Waals surface area contributed by atoms with Gasteiger partial charge in [0.05, 0.1) is 0 Å². The fraction of sp³-hybridized carbons (Fsp3) is 1.00. The first-order valence-electron chi connectivity index (χ1n) is 7.54. The molecule has 0 radical (unpaired) electrons. The summed E-state index contributed by atoms with van der Waals surface area (Å²) in [4.78, 5) is 2.66. The van der Waals surface area contributed by atoms with Crippen LogP contribution in [0, 0.1) is 5.41 Å². The third kappa shape index (κ3) is 4.22. The molecule has 0 aliphatic carbocycles. The van der Waals surface area contributed by atoms with E-state index in [9.17, 15) is 0 Å². The van der Waals surface area contributed by atoms with Gasteiger partial charge in [0.25, 0.3) is 0 Å². The Labute approximate surface area is 112 Å². The predicted molar refractivity (Wildman–Crippen MR) is 75.9 cm³/mol. The van der Waals surface area contributed by atoms with E-state index in [1.807, 2.05) is 0 Å². The largest absolute Gasteiger partial charge is 0.381 e. The summed E-state index contributed by atoms with van der Waals surface area (Å²) in [6.07, 6.45) is 5.21. The monoisotopic (exact) mass is 254 g/mol. The standard InChI is InChI=1S/C15H30N2O/c1-14(2,3)16-12-15(6-10-18-11-7-15)13-17-8-4-5-9-17/h16H,4-13H2,1-3H3. The van der Waals surface area contributed by atoms with Gasteiger partial charge in [-0.15, -0.1) is 0 Å². The van der Waals surface area contributed by atoms with Crippen LogP contribution in [-0.2, 0) is 4.74 Å². The summed E-state index contributed by atoms with van der Waals surface area (Å²) in [7, 11) is 0. The lowest BCUT2D eigenvalue weighted by Crippen LogP contribution is -2.50. The molecule has 18 heavy (non-hydrogen) atoms. The second-order valence-corrected chi connectivity index (χ2v) is 7.20. The Morgan fingerprint density at radius 1 is 1.11 bits per heavy atom. The Bertz CT molecular complexity index is 248. The van der Waals surface area contributed by atoms with Gasteiger partial charge in [0.1, 0.15) is 0 Å². The number of hydrogen-bond donors (Lipinski definition) is 1. The molecule has 0 spiro atoms. The topological polar surface area (TPSA) is 24.5 Å². The van der Waals surface area contributed by atoms with Crippen LogP contribution >= 0.6 is 0 Å². The quantitative estimate of drug-likeness (QED) is 0.833. The highest BCUT2D eigenvalue weighted by Crippen LogP contribution is 2.32. The second kappa shape index (κ2) is 5.89. The van der Waals surface area contributed by atoms with Gasteiger partial charge in [0.2, 0.25) is 0 Å². The highest BCUT2D eigenvalue weighted by Gasteiger charge is 2.35. The van der Waals surface area contributed by atoms with E-state index < -0.39 is 0 Å². The average molecular weight is 254 g/mol. The van der Waals surface area contributed by atoms with Crippen LogP contribution in [0.15, 0.2) is 0 Å². The van der Waals surface area contributed by atoms with Gasteiger partial charge in [-0.2, -0.15) is 0 Å². The van der Waals surface area contributed by atoms with E-state index in [4.69, 9.17) is 4.74 Å². The minimum absolute atomic E-state index is 0.219. The number of likely N-dealkylation sites (tertiary alicyclic amines) is 1. The van der Waals surface area contributed by atoms with Crippen LogP contribution in [0.4, 0.5) is 0 Å². The van der Waals surface area contributed by atoms with Crippen LogP contribution in [0.2, 0.25) is 0 Å². The molecule has 106 valence electrons. The third-order valence-corrected chi connectivity index (χ3v) is 4.30. The molecule has 2 rings (SSSR count). The zero-order valence-electron chi connectivity index (χ0n) is 12.4. The second-order valence-electron chi connectivity index (χ2n) is 7.20. The Kier molecular flexibility index (Phi) is 4.68. The van der Waals surface area contributed by atoms with Crippen molar-refractivity contribution in [2.45, 2.75) is 52.0 Å². The first kappa shape index (κ1) is 14.3. The molecular weight excluding hydrogens is 224 g/mol. The van der Waals surface area contributed by atoms with Crippen molar-refractivity contribution in [3.63, 3.8) is 0 Å². The highest BCUT2D eigenvalue weighted by molar-refractivity contribution is 4.90. The SMILES string of the molecule is CC(C)(C)NCC1(CN2CCCC2)CCOCC1. The molecule has 0 aromatic rings. The van der Waals surface area contributed by atoms with Crippen molar-refractivity contribution in [1.82, 2.24) is 10.2 Å². The van der Waals surface area contributed by atoms with Gasteiger partial charge >= 0.3 is 0 Å². The number of hydrogen-bond acceptors (Lipinski definition) is 3. The van der Waals surface area contributed by atoms with Crippen LogP contribution in [0.5, 0.6) is 0 Å². The summed E-state index contributed by atoms with van der Waals surface area (Å²) < 4.78 is 5.57. The summed E-state index contributed by atoms with van der Waals surface area (Å²) in [6.45, 7) is 13.7. The fourth-order valence-electron chi connectivity index (χ4n) is 3.06. The van der Waals surface area contributed by atoms with Gasteiger partial charge in [-0.05, 0) is 65.0 Å². The molecular formula is C15H30N2O. The minimum Gasteiger partial charge on any atom is -0.381 e. The molecule has 3 nitrogen and oxygen atoms in total. The van der Waals surface area contributed by atoms with Crippen LogP contribution < -0.4 is 5.32 Å². The predicted octanol–water partition coefficient (Wildman–Crippen LogP) is 2.27. The van der Waals surface area contributed by atoms with Gasteiger partial charge in [0, 0.05) is 31.8 Å². The van der Waals surface area contributed by atoms with Crippen molar-refractivity contribution in [2.24, 2.45) is 5.41 Å². The van der Waals surface area contributed by atoms with Crippen LogP contribution in [0.3, 0.4) is 0 Å². The van der Waals surface area contributed by atoms with Gasteiger partial charge in [-0.25, -0.2) is 0 Å². The molecule has 3 heteroatoms. The first-order valence-corrected chi connectivity index (χ1v) is 7.54. The molecule has 0 amide bonds. The number of nitrogens with one attached hydrogen (secondary N) is 1. The lowest BCUT2D eigenvalue weighted by molar-refractivity contribution is -0.00368. The molecule has 2 saturated heterocycles. The zero-order chi connectivity index (χ0) is 13.1. The van der Waals surface area contributed by atoms with Crippen LogP contribution in [0.1, 0.15) is 46.5 Å². The Morgan fingerprint density at radius 2 is 1.72 bits per heavy atom. The van der Waals surface area contributed by atoms with E-state index >= 15 is 0 Å². The molecule has 0 saturated carbocycles. The van der Waals surface area contributed by atoms with E-state index in [0.717, 1.165) is 19.8 Å². The van der Waals surface area contributed by atoms with Crippen molar-refractivity contribution in [2.75, 3.05) is 39.4 Å². The maximum absolute atomic E-state index is 5.57. The van der Waals surface area contributed by atoms with Crippen molar-refractivity contribution < 1.29 is 4.74 Å². The number of nitrogens with zero attached hydrogens (tertiary/aromatic N) is 1. The average Bonchev–Trinajstić information content (AvgIpc) is 2.80. The van der Waals surface area contributed by atoms with Gasteiger partial charge in [-0.1, -0.05) is 0 Å².